The van der Waals surface area contributed by atoms with E-state index < -0.39 is 0 Å². The van der Waals surface area contributed by atoms with Gasteiger partial charge >= 0.3 is 0 Å². The van der Waals surface area contributed by atoms with Gasteiger partial charge in [0.2, 0.25) is 0 Å². The maximum absolute atomic E-state index is 12.0. The second-order valence-corrected chi connectivity index (χ2v) is 5.75. The van der Waals surface area contributed by atoms with Crippen molar-refractivity contribution in [1.82, 2.24) is 4.98 Å². The van der Waals surface area contributed by atoms with Gasteiger partial charge in [0.05, 0.1) is 15.9 Å². The Morgan fingerprint density at radius 1 is 1.14 bits per heavy atom. The normalized spacial score (nSPS) is 10.9. The largest absolute Gasteiger partial charge is 0.398 e. The number of ketones is 1. The summed E-state index contributed by atoms with van der Waals surface area (Å²) in [5.74, 6) is -0.0297. The van der Waals surface area contributed by atoms with E-state index in [9.17, 15) is 4.79 Å². The fraction of sp³-hybridized carbons (Fsp3) is 0.125. The van der Waals surface area contributed by atoms with Gasteiger partial charge in [-0.1, -0.05) is 18.2 Å². The van der Waals surface area contributed by atoms with E-state index in [-0.39, 0.29) is 5.78 Å². The summed E-state index contributed by atoms with van der Waals surface area (Å²) in [6.07, 6.45) is 0.299. The van der Waals surface area contributed by atoms with Gasteiger partial charge in [-0.2, -0.15) is 0 Å². The van der Waals surface area contributed by atoms with Crippen LogP contribution in [-0.2, 0) is 0 Å². The molecule has 0 atom stereocenters. The van der Waals surface area contributed by atoms with Crippen LogP contribution in [0.15, 0.2) is 42.5 Å². The van der Waals surface area contributed by atoms with Gasteiger partial charge in [-0.05, 0) is 30.8 Å². The van der Waals surface area contributed by atoms with Gasteiger partial charge in [0.15, 0.2) is 5.78 Å². The van der Waals surface area contributed by atoms with Crippen LogP contribution in [-0.4, -0.2) is 17.3 Å². The lowest BCUT2D eigenvalue weighted by molar-refractivity contribution is 0.0986. The molecule has 0 aliphatic rings. The third kappa shape index (κ3) is 2.53. The number of benzene rings is 2. The molecule has 0 aliphatic heterocycles. The Bertz CT molecular complexity index is 777. The molecule has 0 bridgehead atoms. The number of carbonyl (C=O) groups excluding carboxylic acids is 1. The summed E-state index contributed by atoms with van der Waals surface area (Å²) < 4.78 is 1.10. The summed E-state index contributed by atoms with van der Waals surface area (Å²) >= 11 is 1.57. The van der Waals surface area contributed by atoms with Crippen LogP contribution in [0.5, 0.6) is 0 Å². The molecule has 0 saturated carbocycles. The predicted octanol–water partition coefficient (Wildman–Crippen LogP) is 3.08. The summed E-state index contributed by atoms with van der Waals surface area (Å²) in [4.78, 5) is 16.6. The highest BCUT2D eigenvalue weighted by molar-refractivity contribution is 7.21. The van der Waals surface area contributed by atoms with Gasteiger partial charge in [-0.3, -0.25) is 4.79 Å². The summed E-state index contributed by atoms with van der Waals surface area (Å²) in [7, 11) is 0. The zero-order valence-corrected chi connectivity index (χ0v) is 12.2. The Labute approximate surface area is 126 Å². The minimum Gasteiger partial charge on any atom is -0.398 e. The monoisotopic (exact) mass is 297 g/mol. The molecule has 4 nitrogen and oxygen atoms in total. The van der Waals surface area contributed by atoms with Gasteiger partial charge in [0.25, 0.3) is 0 Å². The molecule has 0 saturated heterocycles. The van der Waals surface area contributed by atoms with Crippen LogP contribution in [0.1, 0.15) is 16.8 Å². The number of hydrogen-bond donors (Lipinski definition) is 2. The Kier molecular flexibility index (Phi) is 3.68. The van der Waals surface area contributed by atoms with Crippen molar-refractivity contribution in [3.63, 3.8) is 0 Å². The zero-order chi connectivity index (χ0) is 14.8. The number of nitrogen functional groups attached to an aromatic ring is 1. The average molecular weight is 297 g/mol. The number of Topliss-reactive ketones (excluding diaryl/α,β-unsaturated/α-hetero) is 1. The van der Waals surface area contributed by atoms with Crippen molar-refractivity contribution < 1.29 is 4.79 Å². The molecule has 21 heavy (non-hydrogen) atoms. The standard InChI is InChI=1S/C16H15N3OS/c17-9-8-13(20)10-4-3-5-11(15(10)18)16-19-12-6-1-2-7-14(12)21-16/h1-7H,8-9,17-18H2. The summed E-state index contributed by atoms with van der Waals surface area (Å²) in [6.45, 7) is 0.323. The van der Waals surface area contributed by atoms with E-state index in [0.29, 0.717) is 24.2 Å². The van der Waals surface area contributed by atoms with E-state index in [1.807, 2.05) is 36.4 Å². The molecule has 0 unspecified atom stereocenters. The van der Waals surface area contributed by atoms with E-state index in [4.69, 9.17) is 11.5 Å². The van der Waals surface area contributed by atoms with E-state index in [0.717, 1.165) is 20.8 Å². The second kappa shape index (κ2) is 5.63. The first-order chi connectivity index (χ1) is 10.2. The molecule has 5 heteroatoms. The van der Waals surface area contributed by atoms with Gasteiger partial charge in [-0.15, -0.1) is 11.3 Å². The lowest BCUT2D eigenvalue weighted by Gasteiger charge is -2.07. The van der Waals surface area contributed by atoms with Crippen LogP contribution in [0.4, 0.5) is 5.69 Å². The SMILES string of the molecule is NCCC(=O)c1cccc(-c2nc3ccccc3s2)c1N. The maximum atomic E-state index is 12.0. The molecule has 1 aromatic heterocycles. The molecule has 3 aromatic rings. The van der Waals surface area contributed by atoms with Crippen LogP contribution >= 0.6 is 11.3 Å². The number of aromatic nitrogens is 1. The third-order valence-electron chi connectivity index (χ3n) is 3.30. The maximum Gasteiger partial charge on any atom is 0.166 e. The summed E-state index contributed by atoms with van der Waals surface area (Å²) in [5, 5.41) is 0.830. The molecule has 2 aromatic carbocycles. The predicted molar refractivity (Wildman–Crippen MR) is 87.5 cm³/mol. The van der Waals surface area contributed by atoms with Crippen LogP contribution < -0.4 is 11.5 Å². The fourth-order valence-corrected chi connectivity index (χ4v) is 3.25. The molecule has 0 aliphatic carbocycles. The molecular formula is C16H15N3OS. The van der Waals surface area contributed by atoms with Crippen molar-refractivity contribution in [3.05, 3.63) is 48.0 Å². The molecular weight excluding hydrogens is 282 g/mol. The van der Waals surface area contributed by atoms with Gasteiger partial charge in [0.1, 0.15) is 5.01 Å². The molecule has 106 valence electrons. The molecule has 3 rings (SSSR count). The van der Waals surface area contributed by atoms with Crippen molar-refractivity contribution in [2.24, 2.45) is 5.73 Å². The second-order valence-electron chi connectivity index (χ2n) is 4.72. The van der Waals surface area contributed by atoms with Crippen LogP contribution in [0, 0.1) is 0 Å². The Hall–Kier alpha value is -2.24. The van der Waals surface area contributed by atoms with E-state index in [1.54, 1.807) is 17.4 Å². The first-order valence-electron chi connectivity index (χ1n) is 6.68. The average Bonchev–Trinajstić information content (AvgIpc) is 2.91. The lowest BCUT2D eigenvalue weighted by atomic mass is 10.0. The smallest absolute Gasteiger partial charge is 0.166 e. The van der Waals surface area contributed by atoms with Gasteiger partial charge in [-0.25, -0.2) is 4.98 Å². The highest BCUT2D eigenvalue weighted by atomic mass is 32.1. The number of para-hydroxylation sites is 2. The van der Waals surface area contributed by atoms with E-state index >= 15 is 0 Å². The number of nitrogens with zero attached hydrogens (tertiary/aromatic N) is 1. The topological polar surface area (TPSA) is 82.0 Å². The van der Waals surface area contributed by atoms with Crippen LogP contribution in [0.3, 0.4) is 0 Å². The third-order valence-corrected chi connectivity index (χ3v) is 4.37. The number of anilines is 1. The van der Waals surface area contributed by atoms with Crippen molar-refractivity contribution in [1.29, 1.82) is 0 Å². The quantitative estimate of drug-likeness (QED) is 0.572. The van der Waals surface area contributed by atoms with E-state index in [1.165, 1.54) is 0 Å². The summed E-state index contributed by atoms with van der Waals surface area (Å²) in [5.41, 5.74) is 14.4. The lowest BCUT2D eigenvalue weighted by Crippen LogP contribution is -2.10. The molecule has 0 spiro atoms. The number of nitrogens with two attached hydrogens (primary N) is 2. The fourth-order valence-electron chi connectivity index (χ4n) is 2.25. The number of carbonyl (C=O) groups is 1. The van der Waals surface area contributed by atoms with Crippen LogP contribution in [0.2, 0.25) is 0 Å². The van der Waals surface area contributed by atoms with Crippen molar-refractivity contribution >= 4 is 33.0 Å². The highest BCUT2D eigenvalue weighted by Crippen LogP contribution is 2.34. The molecule has 4 N–H and O–H groups in total. The van der Waals surface area contributed by atoms with Crippen molar-refractivity contribution in [2.75, 3.05) is 12.3 Å². The Morgan fingerprint density at radius 3 is 2.71 bits per heavy atom. The Balaban J connectivity index is 2.10. The first kappa shape index (κ1) is 13.7. The molecule has 1 heterocycles. The van der Waals surface area contributed by atoms with Crippen molar-refractivity contribution in [2.45, 2.75) is 6.42 Å². The first-order valence-corrected chi connectivity index (χ1v) is 7.50. The number of fused-ring (bicyclic) bond motifs is 1. The molecule has 0 radical (unpaired) electrons. The van der Waals surface area contributed by atoms with Gasteiger partial charge < -0.3 is 11.5 Å². The molecule has 0 amide bonds. The van der Waals surface area contributed by atoms with Crippen LogP contribution in [0.25, 0.3) is 20.8 Å². The molecule has 0 fully saturated rings. The number of hydrogen-bond acceptors (Lipinski definition) is 5. The number of thiazole rings is 1. The minimum atomic E-state index is -0.0297. The Morgan fingerprint density at radius 2 is 1.95 bits per heavy atom. The minimum absolute atomic E-state index is 0.0297. The van der Waals surface area contributed by atoms with Gasteiger partial charge in [0, 0.05) is 17.5 Å². The number of rotatable bonds is 4. The van der Waals surface area contributed by atoms with Crippen molar-refractivity contribution in [3.8, 4) is 10.6 Å². The van der Waals surface area contributed by atoms with E-state index in [2.05, 4.69) is 4.98 Å². The summed E-state index contributed by atoms with van der Waals surface area (Å²) in [6, 6.07) is 13.4. The zero-order valence-electron chi connectivity index (χ0n) is 11.4. The highest BCUT2D eigenvalue weighted by Gasteiger charge is 2.15.